The summed E-state index contributed by atoms with van der Waals surface area (Å²) in [6, 6.07) is 5.10. The number of thiazole rings is 1. The Balaban J connectivity index is 1.78. The number of nitrogens with zero attached hydrogens (tertiary/aromatic N) is 3. The van der Waals surface area contributed by atoms with Crippen LogP contribution in [-0.2, 0) is 23.2 Å². The van der Waals surface area contributed by atoms with Gasteiger partial charge in [0.1, 0.15) is 5.69 Å². The third-order valence-corrected chi connectivity index (χ3v) is 6.47. The van der Waals surface area contributed by atoms with E-state index in [2.05, 4.69) is 36.1 Å². The van der Waals surface area contributed by atoms with E-state index in [1.807, 2.05) is 0 Å². The second-order valence-corrected chi connectivity index (χ2v) is 8.92. The number of aromatic nitrogens is 3. The van der Waals surface area contributed by atoms with Gasteiger partial charge in [0.05, 0.1) is 9.37 Å². The fraction of sp³-hybridized carbons (Fsp3) is 0.133. The van der Waals surface area contributed by atoms with Crippen LogP contribution in [0, 0.1) is 0 Å². The fourth-order valence-electron chi connectivity index (χ4n) is 2.28. The summed E-state index contributed by atoms with van der Waals surface area (Å²) in [6.07, 6.45) is -3.28. The van der Waals surface area contributed by atoms with Crippen LogP contribution in [0.4, 0.5) is 24.0 Å². The van der Waals surface area contributed by atoms with Crippen molar-refractivity contribution >= 4 is 54.0 Å². The lowest BCUT2D eigenvalue weighted by Crippen LogP contribution is -2.17. The summed E-state index contributed by atoms with van der Waals surface area (Å²) in [5, 5.41) is 7.53. The van der Waals surface area contributed by atoms with Crippen LogP contribution >= 0.6 is 27.3 Å². The number of carbonyl (C=O) groups is 1. The van der Waals surface area contributed by atoms with Crippen molar-refractivity contribution in [1.29, 1.82) is 0 Å². The maximum atomic E-state index is 12.9. The number of nitrogens with one attached hydrogen (secondary N) is 2. The average molecular weight is 510 g/mol. The smallest absolute Gasteiger partial charge is 0.321 e. The van der Waals surface area contributed by atoms with Crippen molar-refractivity contribution in [2.75, 3.05) is 10.0 Å². The van der Waals surface area contributed by atoms with Gasteiger partial charge in [-0.15, -0.1) is 11.3 Å². The van der Waals surface area contributed by atoms with Crippen molar-refractivity contribution in [2.45, 2.75) is 11.1 Å². The Kier molecular flexibility index (Phi) is 5.69. The molecule has 0 aliphatic rings. The Morgan fingerprint density at radius 1 is 1.24 bits per heavy atom. The zero-order chi connectivity index (χ0) is 21.4. The number of hydrogen-bond acceptors (Lipinski definition) is 6. The molecule has 0 bridgehead atoms. The highest BCUT2D eigenvalue weighted by Gasteiger charge is 2.39. The molecule has 0 aliphatic heterocycles. The van der Waals surface area contributed by atoms with Gasteiger partial charge in [0.25, 0.3) is 15.9 Å². The molecule has 3 aromatic rings. The number of carbonyl (C=O) groups excluding carboxylic acids is 1. The lowest BCUT2D eigenvalue weighted by molar-refractivity contribution is -0.142. The third kappa shape index (κ3) is 4.59. The molecule has 0 aliphatic carbocycles. The summed E-state index contributed by atoms with van der Waals surface area (Å²) in [4.78, 5) is 16.1. The molecule has 14 heteroatoms. The van der Waals surface area contributed by atoms with Crippen molar-refractivity contribution in [1.82, 2.24) is 14.8 Å². The average Bonchev–Trinajstić information content (AvgIpc) is 3.22. The third-order valence-electron chi connectivity index (χ3n) is 3.55. The summed E-state index contributed by atoms with van der Waals surface area (Å²) in [7, 11) is -2.67. The molecule has 0 saturated heterocycles. The van der Waals surface area contributed by atoms with E-state index in [-0.39, 0.29) is 21.4 Å². The number of benzene rings is 1. The minimum atomic E-state index is -4.73. The van der Waals surface area contributed by atoms with Crippen molar-refractivity contribution in [2.24, 2.45) is 7.05 Å². The summed E-state index contributed by atoms with van der Waals surface area (Å²) >= 11 is 3.87. The normalized spacial score (nSPS) is 12.0. The molecule has 1 aromatic carbocycles. The monoisotopic (exact) mass is 509 g/mol. The van der Waals surface area contributed by atoms with Crippen molar-refractivity contribution in [3.8, 4) is 0 Å². The molecule has 0 spiro atoms. The minimum Gasteiger partial charge on any atom is -0.321 e. The molecule has 2 N–H and O–H groups in total. The van der Waals surface area contributed by atoms with Gasteiger partial charge in [-0.25, -0.2) is 13.4 Å². The zero-order valence-corrected chi connectivity index (χ0v) is 17.6. The van der Waals surface area contributed by atoms with Crippen LogP contribution in [0.2, 0.25) is 0 Å². The van der Waals surface area contributed by atoms with E-state index in [0.29, 0.717) is 0 Å². The molecular formula is C15H11BrF3N5O3S2. The maximum Gasteiger partial charge on any atom is 0.436 e. The number of alkyl halides is 3. The van der Waals surface area contributed by atoms with Gasteiger partial charge in [-0.1, -0.05) is 0 Å². The van der Waals surface area contributed by atoms with Crippen LogP contribution in [-0.4, -0.2) is 29.1 Å². The van der Waals surface area contributed by atoms with E-state index >= 15 is 0 Å². The second kappa shape index (κ2) is 7.76. The van der Waals surface area contributed by atoms with Crippen LogP contribution in [0.5, 0.6) is 0 Å². The molecule has 154 valence electrons. The van der Waals surface area contributed by atoms with Crippen LogP contribution in [0.15, 0.2) is 45.2 Å². The standard InChI is InChI=1S/C15H11BrF3N5O3S2/c1-24-11(10(16)12(22-24)15(17,18)19)13(25)21-8-2-4-9(5-3-8)29(26,27)23-14-20-6-7-28-14/h2-7H,1H3,(H,20,23)(H,21,25). The van der Waals surface area contributed by atoms with E-state index in [9.17, 15) is 26.4 Å². The highest BCUT2D eigenvalue weighted by Crippen LogP contribution is 2.35. The zero-order valence-electron chi connectivity index (χ0n) is 14.4. The van der Waals surface area contributed by atoms with E-state index < -0.39 is 32.3 Å². The molecule has 0 fully saturated rings. The Hall–Kier alpha value is -2.45. The first kappa shape index (κ1) is 21.3. The first-order valence-corrected chi connectivity index (χ1v) is 10.8. The van der Waals surface area contributed by atoms with Crippen LogP contribution in [0.3, 0.4) is 0 Å². The van der Waals surface area contributed by atoms with E-state index in [0.717, 1.165) is 16.0 Å². The topological polar surface area (TPSA) is 106 Å². The van der Waals surface area contributed by atoms with Gasteiger partial charge in [0.15, 0.2) is 10.8 Å². The first-order valence-electron chi connectivity index (χ1n) is 7.62. The summed E-state index contributed by atoms with van der Waals surface area (Å²) in [6.45, 7) is 0. The molecule has 0 unspecified atom stereocenters. The Bertz CT molecular complexity index is 1140. The Morgan fingerprint density at radius 2 is 1.90 bits per heavy atom. The number of sulfonamides is 1. The number of halogens is 4. The summed E-state index contributed by atoms with van der Waals surface area (Å²) in [5.74, 6) is -0.848. The van der Waals surface area contributed by atoms with Gasteiger partial charge in [-0.05, 0) is 40.2 Å². The van der Waals surface area contributed by atoms with Gasteiger partial charge >= 0.3 is 6.18 Å². The molecule has 1 amide bonds. The molecule has 3 rings (SSSR count). The number of hydrogen-bond donors (Lipinski definition) is 2. The van der Waals surface area contributed by atoms with E-state index in [1.165, 1.54) is 37.5 Å². The molecule has 0 saturated carbocycles. The first-order chi connectivity index (χ1) is 13.5. The van der Waals surface area contributed by atoms with Crippen molar-refractivity contribution in [3.63, 3.8) is 0 Å². The number of amides is 1. The second-order valence-electron chi connectivity index (χ2n) is 5.55. The van der Waals surface area contributed by atoms with Crippen LogP contribution in [0.25, 0.3) is 0 Å². The van der Waals surface area contributed by atoms with Gasteiger partial charge in [-0.2, -0.15) is 18.3 Å². The largest absolute Gasteiger partial charge is 0.436 e. The number of anilines is 2. The van der Waals surface area contributed by atoms with Gasteiger partial charge in [0.2, 0.25) is 0 Å². The Morgan fingerprint density at radius 3 is 2.41 bits per heavy atom. The predicted molar refractivity (Wildman–Crippen MR) is 103 cm³/mol. The molecule has 0 radical (unpaired) electrons. The van der Waals surface area contributed by atoms with Gasteiger partial charge < -0.3 is 5.32 Å². The number of rotatable bonds is 5. The van der Waals surface area contributed by atoms with Gasteiger partial charge in [0, 0.05) is 24.3 Å². The molecule has 8 nitrogen and oxygen atoms in total. The fourth-order valence-corrected chi connectivity index (χ4v) is 4.81. The molecule has 2 heterocycles. The van der Waals surface area contributed by atoms with Crippen molar-refractivity contribution in [3.05, 3.63) is 51.7 Å². The van der Waals surface area contributed by atoms with E-state index in [4.69, 9.17) is 0 Å². The van der Waals surface area contributed by atoms with E-state index in [1.54, 1.807) is 5.38 Å². The number of aryl methyl sites for hydroxylation is 1. The summed E-state index contributed by atoms with van der Waals surface area (Å²) in [5.41, 5.74) is -1.37. The lowest BCUT2D eigenvalue weighted by atomic mass is 10.3. The quantitative estimate of drug-likeness (QED) is 0.545. The highest BCUT2D eigenvalue weighted by atomic mass is 79.9. The minimum absolute atomic E-state index is 0.0771. The highest BCUT2D eigenvalue weighted by molar-refractivity contribution is 9.10. The maximum absolute atomic E-state index is 12.9. The molecule has 2 aromatic heterocycles. The molecular weight excluding hydrogens is 499 g/mol. The molecule has 0 atom stereocenters. The van der Waals surface area contributed by atoms with Crippen molar-refractivity contribution < 1.29 is 26.4 Å². The van der Waals surface area contributed by atoms with Crippen LogP contribution < -0.4 is 10.0 Å². The van der Waals surface area contributed by atoms with Crippen LogP contribution in [0.1, 0.15) is 16.2 Å². The lowest BCUT2D eigenvalue weighted by Gasteiger charge is -2.08. The predicted octanol–water partition coefficient (Wildman–Crippen LogP) is 3.71. The van der Waals surface area contributed by atoms with Gasteiger partial charge in [-0.3, -0.25) is 14.2 Å². The summed E-state index contributed by atoms with van der Waals surface area (Å²) < 4.78 is 65.9. The molecule has 29 heavy (non-hydrogen) atoms. The SMILES string of the molecule is Cn1nc(C(F)(F)F)c(Br)c1C(=O)Nc1ccc(S(=O)(=O)Nc2nccs2)cc1. The Labute approximate surface area is 174 Å².